The molecule has 15 heavy (non-hydrogen) atoms. The maximum atomic E-state index is 11.4. The average Bonchev–Trinajstić information content (AvgIpc) is 2.26. The summed E-state index contributed by atoms with van der Waals surface area (Å²) in [6.07, 6.45) is 0.579. The second kappa shape index (κ2) is 5.36. The van der Waals surface area contributed by atoms with Crippen LogP contribution in [0.1, 0.15) is 10.4 Å². The fourth-order valence-corrected chi connectivity index (χ4v) is 0.986. The van der Waals surface area contributed by atoms with Gasteiger partial charge in [-0.3, -0.25) is 4.79 Å². The van der Waals surface area contributed by atoms with Crippen LogP contribution in [0.15, 0.2) is 24.3 Å². The lowest BCUT2D eigenvalue weighted by Gasteiger charge is -2.10. The molecule has 0 fully saturated rings. The highest BCUT2D eigenvalue weighted by molar-refractivity contribution is 6.30. The predicted molar refractivity (Wildman–Crippen MR) is 55.6 cm³/mol. The van der Waals surface area contributed by atoms with Crippen molar-refractivity contribution in [1.29, 1.82) is 0 Å². The molecule has 0 atom stereocenters. The number of ether oxygens (including phenoxy) is 1. The number of carbonyl (C=O) groups is 2. The lowest BCUT2D eigenvalue weighted by Crippen LogP contribution is -2.22. The van der Waals surface area contributed by atoms with Gasteiger partial charge in [0.15, 0.2) is 6.73 Å². The zero-order chi connectivity index (χ0) is 11.3. The molecule has 80 valence electrons. The van der Waals surface area contributed by atoms with Crippen molar-refractivity contribution >= 4 is 24.0 Å². The van der Waals surface area contributed by atoms with E-state index in [1.165, 1.54) is 11.9 Å². The fourth-order valence-electron chi connectivity index (χ4n) is 0.860. The molecule has 0 aromatic heterocycles. The molecular weight excluding hydrogens is 218 g/mol. The molecule has 0 aliphatic heterocycles. The summed E-state index contributed by atoms with van der Waals surface area (Å²) in [5.41, 5.74) is 0.402. The van der Waals surface area contributed by atoms with Gasteiger partial charge in [0.05, 0.1) is 5.56 Å². The first kappa shape index (κ1) is 11.5. The Morgan fingerprint density at radius 3 is 2.60 bits per heavy atom. The molecule has 0 unspecified atom stereocenters. The molecule has 1 aromatic rings. The van der Waals surface area contributed by atoms with E-state index < -0.39 is 5.97 Å². The normalized spacial score (nSPS) is 9.47. The van der Waals surface area contributed by atoms with Crippen LogP contribution in [-0.2, 0) is 9.53 Å². The Hall–Kier alpha value is -1.55. The lowest BCUT2D eigenvalue weighted by molar-refractivity contribution is -0.120. The van der Waals surface area contributed by atoms with E-state index >= 15 is 0 Å². The van der Waals surface area contributed by atoms with Crippen molar-refractivity contribution in [1.82, 2.24) is 4.90 Å². The number of nitrogens with zero attached hydrogens (tertiary/aromatic N) is 1. The third-order valence-electron chi connectivity index (χ3n) is 1.66. The molecule has 0 aliphatic rings. The van der Waals surface area contributed by atoms with Crippen molar-refractivity contribution in [3.05, 3.63) is 34.9 Å². The van der Waals surface area contributed by atoms with Gasteiger partial charge >= 0.3 is 5.97 Å². The van der Waals surface area contributed by atoms with Gasteiger partial charge in [-0.05, 0) is 24.3 Å². The van der Waals surface area contributed by atoms with E-state index in [4.69, 9.17) is 16.3 Å². The number of rotatable bonds is 4. The van der Waals surface area contributed by atoms with Crippen LogP contribution in [0, 0.1) is 0 Å². The number of hydrogen-bond acceptors (Lipinski definition) is 3. The summed E-state index contributed by atoms with van der Waals surface area (Å²) >= 11 is 5.66. The van der Waals surface area contributed by atoms with Crippen LogP contribution in [0.2, 0.25) is 5.02 Å². The molecule has 0 saturated heterocycles. The molecule has 0 heterocycles. The minimum Gasteiger partial charge on any atom is -0.441 e. The molecular formula is C10H10ClNO3. The number of carbonyl (C=O) groups excluding carboxylic acids is 2. The monoisotopic (exact) mass is 227 g/mol. The second-order valence-corrected chi connectivity index (χ2v) is 3.37. The van der Waals surface area contributed by atoms with Crippen LogP contribution < -0.4 is 0 Å². The zero-order valence-electron chi connectivity index (χ0n) is 8.14. The summed E-state index contributed by atoms with van der Waals surface area (Å²) in [5, 5.41) is 0.552. The minimum atomic E-state index is -0.486. The van der Waals surface area contributed by atoms with Gasteiger partial charge in [-0.15, -0.1) is 0 Å². The van der Waals surface area contributed by atoms with Gasteiger partial charge in [-0.2, -0.15) is 0 Å². The third-order valence-corrected chi connectivity index (χ3v) is 1.91. The Kier molecular flexibility index (Phi) is 4.12. The highest BCUT2D eigenvalue weighted by Crippen LogP contribution is 2.10. The van der Waals surface area contributed by atoms with E-state index in [-0.39, 0.29) is 6.73 Å². The van der Waals surface area contributed by atoms with E-state index in [0.717, 1.165) is 0 Å². The zero-order valence-corrected chi connectivity index (χ0v) is 8.90. The maximum Gasteiger partial charge on any atom is 0.339 e. The van der Waals surface area contributed by atoms with Crippen LogP contribution in [0.5, 0.6) is 0 Å². The molecule has 1 amide bonds. The largest absolute Gasteiger partial charge is 0.441 e. The second-order valence-electron chi connectivity index (χ2n) is 2.93. The highest BCUT2D eigenvalue weighted by Gasteiger charge is 2.07. The molecule has 1 rings (SSSR count). The Bertz CT molecular complexity index is 350. The predicted octanol–water partition coefficient (Wildman–Crippen LogP) is 1.54. The van der Waals surface area contributed by atoms with Crippen molar-refractivity contribution in [3.8, 4) is 0 Å². The molecule has 5 heteroatoms. The lowest BCUT2D eigenvalue weighted by atomic mass is 10.2. The number of hydrogen-bond donors (Lipinski definition) is 0. The van der Waals surface area contributed by atoms with Crippen LogP contribution in [0.3, 0.4) is 0 Å². The third kappa shape index (κ3) is 3.59. The summed E-state index contributed by atoms with van der Waals surface area (Å²) in [4.78, 5) is 22.8. The van der Waals surface area contributed by atoms with E-state index in [2.05, 4.69) is 0 Å². The van der Waals surface area contributed by atoms with Crippen molar-refractivity contribution in [2.75, 3.05) is 13.8 Å². The molecule has 0 radical (unpaired) electrons. The van der Waals surface area contributed by atoms with Crippen LogP contribution >= 0.6 is 11.6 Å². The number of amides is 1. The van der Waals surface area contributed by atoms with Gasteiger partial charge in [0.25, 0.3) is 0 Å². The van der Waals surface area contributed by atoms with Crippen LogP contribution in [0.25, 0.3) is 0 Å². The number of halogens is 1. The summed E-state index contributed by atoms with van der Waals surface area (Å²) < 4.78 is 4.83. The molecule has 0 saturated carbocycles. The summed E-state index contributed by atoms with van der Waals surface area (Å²) in [7, 11) is 1.52. The van der Waals surface area contributed by atoms with E-state index in [0.29, 0.717) is 17.0 Å². The molecule has 0 aliphatic carbocycles. The van der Waals surface area contributed by atoms with Gasteiger partial charge in [0, 0.05) is 12.1 Å². The SMILES string of the molecule is CN(C=O)COC(=O)c1ccc(Cl)cc1. The Morgan fingerprint density at radius 2 is 2.07 bits per heavy atom. The van der Waals surface area contributed by atoms with Gasteiger partial charge in [-0.1, -0.05) is 11.6 Å². The van der Waals surface area contributed by atoms with E-state index in [1.807, 2.05) is 0 Å². The smallest absolute Gasteiger partial charge is 0.339 e. The maximum absolute atomic E-state index is 11.4. The minimum absolute atomic E-state index is 0.0645. The first-order chi connectivity index (χ1) is 7.13. The molecule has 0 N–H and O–H groups in total. The first-order valence-corrected chi connectivity index (χ1v) is 4.59. The summed E-state index contributed by atoms with van der Waals surface area (Å²) in [5.74, 6) is -0.486. The van der Waals surface area contributed by atoms with Gasteiger partial charge in [0.1, 0.15) is 0 Å². The summed E-state index contributed by atoms with van der Waals surface area (Å²) in [6.45, 7) is -0.0645. The van der Waals surface area contributed by atoms with Gasteiger partial charge in [0.2, 0.25) is 6.41 Å². The average molecular weight is 228 g/mol. The quantitative estimate of drug-likeness (QED) is 0.445. The molecule has 0 spiro atoms. The van der Waals surface area contributed by atoms with E-state index in [1.54, 1.807) is 24.3 Å². The van der Waals surface area contributed by atoms with Gasteiger partial charge < -0.3 is 9.64 Å². The molecule has 1 aromatic carbocycles. The molecule has 4 nitrogen and oxygen atoms in total. The standard InChI is InChI=1S/C10H10ClNO3/c1-12(6-13)7-15-10(14)8-2-4-9(11)5-3-8/h2-6H,7H2,1H3. The highest BCUT2D eigenvalue weighted by atomic mass is 35.5. The van der Waals surface area contributed by atoms with Crippen LogP contribution in [-0.4, -0.2) is 31.1 Å². The van der Waals surface area contributed by atoms with Crippen molar-refractivity contribution in [2.45, 2.75) is 0 Å². The number of benzene rings is 1. The molecule has 0 bridgehead atoms. The topological polar surface area (TPSA) is 46.6 Å². The van der Waals surface area contributed by atoms with Crippen molar-refractivity contribution in [2.24, 2.45) is 0 Å². The van der Waals surface area contributed by atoms with Crippen LogP contribution in [0.4, 0.5) is 0 Å². The fraction of sp³-hybridized carbons (Fsp3) is 0.200. The van der Waals surface area contributed by atoms with Crippen molar-refractivity contribution in [3.63, 3.8) is 0 Å². The van der Waals surface area contributed by atoms with Crippen molar-refractivity contribution < 1.29 is 14.3 Å². The van der Waals surface area contributed by atoms with E-state index in [9.17, 15) is 9.59 Å². The summed E-state index contributed by atoms with van der Waals surface area (Å²) in [6, 6.07) is 6.32. The first-order valence-electron chi connectivity index (χ1n) is 4.21. The number of esters is 1. The van der Waals surface area contributed by atoms with Gasteiger partial charge in [-0.25, -0.2) is 4.79 Å². The Balaban J connectivity index is 2.54. The Morgan fingerprint density at radius 1 is 1.47 bits per heavy atom. The Labute approximate surface area is 92.4 Å².